The van der Waals surface area contributed by atoms with Gasteiger partial charge in [-0.3, -0.25) is 14.5 Å². The number of hydrogen-bond acceptors (Lipinski definition) is 3. The monoisotopic (exact) mass is 419 g/mol. The van der Waals surface area contributed by atoms with Gasteiger partial charge in [-0.15, -0.1) is 0 Å². The molecule has 3 rings (SSSR count). The summed E-state index contributed by atoms with van der Waals surface area (Å²) < 4.78 is 0. The predicted molar refractivity (Wildman–Crippen MR) is 113 cm³/mol. The van der Waals surface area contributed by atoms with Crippen LogP contribution in [0.1, 0.15) is 22.8 Å². The van der Waals surface area contributed by atoms with Crippen molar-refractivity contribution < 1.29 is 9.59 Å². The van der Waals surface area contributed by atoms with Crippen LogP contribution in [0.4, 0.5) is 5.69 Å². The molecule has 1 fully saturated rings. The number of piperazine rings is 1. The number of nitrogens with zero attached hydrogens (tertiary/aromatic N) is 2. The normalized spacial score (nSPS) is 14.8. The summed E-state index contributed by atoms with van der Waals surface area (Å²) in [7, 11) is 0. The highest BCUT2D eigenvalue weighted by molar-refractivity contribution is 6.42. The maximum Gasteiger partial charge on any atom is 0.253 e. The number of hydrogen-bond donors (Lipinski definition) is 1. The summed E-state index contributed by atoms with van der Waals surface area (Å²) >= 11 is 11.9. The van der Waals surface area contributed by atoms with Gasteiger partial charge in [0.1, 0.15) is 0 Å². The molecule has 1 saturated heterocycles. The van der Waals surface area contributed by atoms with Crippen molar-refractivity contribution in [3.8, 4) is 0 Å². The highest BCUT2D eigenvalue weighted by atomic mass is 35.5. The average Bonchev–Trinajstić information content (AvgIpc) is 2.70. The smallest absolute Gasteiger partial charge is 0.253 e. The summed E-state index contributed by atoms with van der Waals surface area (Å²) in [5.74, 6) is -0.107. The standard InChI is InChI=1S/C21H23Cl2N3O2/c1-2-15-5-3-4-6-19(15)24-20(27)14-25-9-11-26(12-10-25)21(28)16-7-8-17(22)18(23)13-16/h3-8,13H,2,9-12,14H2,1H3,(H,24,27). The minimum absolute atomic E-state index is 0.0369. The zero-order valence-electron chi connectivity index (χ0n) is 15.8. The molecule has 5 nitrogen and oxygen atoms in total. The number of benzene rings is 2. The van der Waals surface area contributed by atoms with Crippen molar-refractivity contribution in [1.82, 2.24) is 9.80 Å². The van der Waals surface area contributed by atoms with Crippen molar-refractivity contribution in [2.24, 2.45) is 0 Å². The van der Waals surface area contributed by atoms with Gasteiger partial charge in [-0.1, -0.05) is 48.3 Å². The first-order chi connectivity index (χ1) is 13.5. The molecular weight excluding hydrogens is 397 g/mol. The summed E-state index contributed by atoms with van der Waals surface area (Å²) in [4.78, 5) is 28.9. The molecule has 0 bridgehead atoms. The molecule has 2 amide bonds. The van der Waals surface area contributed by atoms with E-state index in [2.05, 4.69) is 17.1 Å². The van der Waals surface area contributed by atoms with E-state index in [0.717, 1.165) is 17.7 Å². The molecule has 28 heavy (non-hydrogen) atoms. The first kappa shape index (κ1) is 20.6. The Balaban J connectivity index is 1.51. The first-order valence-corrected chi connectivity index (χ1v) is 10.1. The molecule has 0 radical (unpaired) electrons. The maximum absolute atomic E-state index is 12.6. The van der Waals surface area contributed by atoms with Gasteiger partial charge in [-0.05, 0) is 36.2 Å². The topological polar surface area (TPSA) is 52.7 Å². The number of anilines is 1. The zero-order chi connectivity index (χ0) is 20.1. The van der Waals surface area contributed by atoms with E-state index in [0.29, 0.717) is 48.3 Å². The highest BCUT2D eigenvalue weighted by Crippen LogP contribution is 2.23. The fourth-order valence-corrected chi connectivity index (χ4v) is 3.56. The molecule has 1 aliphatic rings. The Bertz CT molecular complexity index is 864. The summed E-state index contributed by atoms with van der Waals surface area (Å²) in [5.41, 5.74) is 2.51. The van der Waals surface area contributed by atoms with Crippen LogP contribution in [0.5, 0.6) is 0 Å². The number of rotatable bonds is 5. The number of para-hydroxylation sites is 1. The van der Waals surface area contributed by atoms with Crippen molar-refractivity contribution in [3.63, 3.8) is 0 Å². The second-order valence-electron chi connectivity index (χ2n) is 6.76. The van der Waals surface area contributed by atoms with Gasteiger partial charge in [-0.2, -0.15) is 0 Å². The van der Waals surface area contributed by atoms with E-state index >= 15 is 0 Å². The van der Waals surface area contributed by atoms with Crippen LogP contribution in [0.15, 0.2) is 42.5 Å². The molecule has 7 heteroatoms. The molecule has 1 aliphatic heterocycles. The van der Waals surface area contributed by atoms with Crippen LogP contribution < -0.4 is 5.32 Å². The van der Waals surface area contributed by atoms with Gasteiger partial charge >= 0.3 is 0 Å². The van der Waals surface area contributed by atoms with Crippen LogP contribution in [0.3, 0.4) is 0 Å². The van der Waals surface area contributed by atoms with Crippen molar-refractivity contribution in [1.29, 1.82) is 0 Å². The molecular formula is C21H23Cl2N3O2. The van der Waals surface area contributed by atoms with Gasteiger partial charge in [0.2, 0.25) is 5.91 Å². The van der Waals surface area contributed by atoms with Crippen molar-refractivity contribution >= 4 is 40.7 Å². The van der Waals surface area contributed by atoms with Crippen LogP contribution in [0, 0.1) is 0 Å². The third-order valence-electron chi connectivity index (χ3n) is 4.87. The second kappa shape index (κ2) is 9.41. The molecule has 0 aromatic heterocycles. The summed E-state index contributed by atoms with van der Waals surface area (Å²) in [6, 6.07) is 12.7. The van der Waals surface area contributed by atoms with Crippen molar-refractivity contribution in [2.75, 3.05) is 38.0 Å². The van der Waals surface area contributed by atoms with E-state index in [1.807, 2.05) is 24.3 Å². The Kier molecular flexibility index (Phi) is 6.94. The molecule has 148 valence electrons. The number of nitrogens with one attached hydrogen (secondary N) is 1. The highest BCUT2D eigenvalue weighted by Gasteiger charge is 2.23. The third kappa shape index (κ3) is 5.04. The lowest BCUT2D eigenvalue weighted by atomic mass is 10.1. The van der Waals surface area contributed by atoms with E-state index in [-0.39, 0.29) is 11.8 Å². The van der Waals surface area contributed by atoms with Gasteiger partial charge in [0, 0.05) is 37.4 Å². The Morgan fingerprint density at radius 3 is 2.39 bits per heavy atom. The fraction of sp³-hybridized carbons (Fsp3) is 0.333. The van der Waals surface area contributed by atoms with Crippen LogP contribution in [0.25, 0.3) is 0 Å². The van der Waals surface area contributed by atoms with Gasteiger partial charge in [0.05, 0.1) is 16.6 Å². The minimum atomic E-state index is -0.0699. The molecule has 1 N–H and O–H groups in total. The van der Waals surface area contributed by atoms with E-state index in [1.54, 1.807) is 23.1 Å². The molecule has 0 saturated carbocycles. The van der Waals surface area contributed by atoms with E-state index < -0.39 is 0 Å². The Labute approximate surface area is 175 Å². The lowest BCUT2D eigenvalue weighted by molar-refractivity contribution is -0.117. The number of carbonyl (C=O) groups is 2. The van der Waals surface area contributed by atoms with Crippen LogP contribution in [0.2, 0.25) is 10.0 Å². The number of aryl methyl sites for hydroxylation is 1. The van der Waals surface area contributed by atoms with Crippen LogP contribution in [-0.2, 0) is 11.2 Å². The second-order valence-corrected chi connectivity index (χ2v) is 7.57. The van der Waals surface area contributed by atoms with Crippen LogP contribution >= 0.6 is 23.2 Å². The van der Waals surface area contributed by atoms with Gasteiger partial charge in [0.15, 0.2) is 0 Å². The number of amides is 2. The SMILES string of the molecule is CCc1ccccc1NC(=O)CN1CCN(C(=O)c2ccc(Cl)c(Cl)c2)CC1. The summed E-state index contributed by atoms with van der Waals surface area (Å²) in [6.45, 7) is 4.81. The number of halogens is 2. The average molecular weight is 420 g/mol. The Hall–Kier alpha value is -2.08. The summed E-state index contributed by atoms with van der Waals surface area (Å²) in [5, 5.41) is 3.79. The third-order valence-corrected chi connectivity index (χ3v) is 5.60. The zero-order valence-corrected chi connectivity index (χ0v) is 17.3. The molecule has 0 spiro atoms. The van der Waals surface area contributed by atoms with Crippen LogP contribution in [-0.4, -0.2) is 54.3 Å². The quantitative estimate of drug-likeness (QED) is 0.797. The largest absolute Gasteiger partial charge is 0.336 e. The van der Waals surface area contributed by atoms with Crippen molar-refractivity contribution in [2.45, 2.75) is 13.3 Å². The van der Waals surface area contributed by atoms with Gasteiger partial charge in [-0.25, -0.2) is 0 Å². The Morgan fingerprint density at radius 2 is 1.71 bits per heavy atom. The Morgan fingerprint density at radius 1 is 1.00 bits per heavy atom. The number of carbonyl (C=O) groups excluding carboxylic acids is 2. The van der Waals surface area contributed by atoms with Crippen molar-refractivity contribution in [3.05, 3.63) is 63.6 Å². The molecule has 0 aliphatic carbocycles. The van der Waals surface area contributed by atoms with E-state index in [1.165, 1.54) is 0 Å². The first-order valence-electron chi connectivity index (χ1n) is 9.32. The fourth-order valence-electron chi connectivity index (χ4n) is 3.26. The maximum atomic E-state index is 12.6. The minimum Gasteiger partial charge on any atom is -0.336 e. The van der Waals surface area contributed by atoms with E-state index in [9.17, 15) is 9.59 Å². The summed E-state index contributed by atoms with van der Waals surface area (Å²) in [6.07, 6.45) is 0.867. The van der Waals surface area contributed by atoms with Gasteiger partial charge < -0.3 is 10.2 Å². The van der Waals surface area contributed by atoms with E-state index in [4.69, 9.17) is 23.2 Å². The predicted octanol–water partition coefficient (Wildman–Crippen LogP) is 3.95. The van der Waals surface area contributed by atoms with Gasteiger partial charge in [0.25, 0.3) is 5.91 Å². The molecule has 2 aromatic carbocycles. The molecule has 0 unspecified atom stereocenters. The molecule has 0 atom stereocenters. The lowest BCUT2D eigenvalue weighted by Gasteiger charge is -2.34. The molecule has 2 aromatic rings. The lowest BCUT2D eigenvalue weighted by Crippen LogP contribution is -2.50. The molecule has 1 heterocycles.